The largest absolute Gasteiger partial charge is 0.454 e. The second-order valence-electron chi connectivity index (χ2n) is 7.56. The molecule has 1 atom stereocenters. The molecular formula is C20H26N4O7S. The number of ether oxygens (including phenoxy) is 2. The van der Waals surface area contributed by atoms with Gasteiger partial charge in [0.25, 0.3) is 11.8 Å². The van der Waals surface area contributed by atoms with Gasteiger partial charge in [0.05, 0.1) is 18.1 Å². The van der Waals surface area contributed by atoms with E-state index in [1.807, 2.05) is 0 Å². The van der Waals surface area contributed by atoms with Gasteiger partial charge in [-0.3, -0.25) is 4.79 Å². The molecule has 0 bridgehead atoms. The number of aromatic nitrogens is 2. The van der Waals surface area contributed by atoms with Gasteiger partial charge in [0.1, 0.15) is 6.04 Å². The highest BCUT2D eigenvalue weighted by Gasteiger charge is 2.29. The Balaban J connectivity index is 1.70. The fraction of sp³-hybridized carbons (Fsp3) is 0.500. The molecule has 1 aliphatic heterocycles. The van der Waals surface area contributed by atoms with Crippen LogP contribution in [0.4, 0.5) is 0 Å². The van der Waals surface area contributed by atoms with Crippen molar-refractivity contribution in [3.8, 4) is 0 Å². The Kier molecular flexibility index (Phi) is 7.59. The first-order chi connectivity index (χ1) is 15.2. The van der Waals surface area contributed by atoms with Crippen molar-refractivity contribution in [3.63, 3.8) is 0 Å². The molecule has 174 valence electrons. The number of nitrogens with one attached hydrogen (secondary N) is 1. The van der Waals surface area contributed by atoms with E-state index in [9.17, 15) is 18.0 Å². The zero-order valence-corrected chi connectivity index (χ0v) is 18.9. The highest BCUT2D eigenvalue weighted by Crippen LogP contribution is 2.19. The average Bonchev–Trinajstić information content (AvgIpc) is 3.21. The number of nitrogens with zero attached hydrogens (tertiary/aromatic N) is 3. The van der Waals surface area contributed by atoms with Crippen molar-refractivity contribution in [2.24, 2.45) is 5.92 Å². The number of benzene rings is 1. The van der Waals surface area contributed by atoms with Crippen LogP contribution in [0.5, 0.6) is 0 Å². The maximum atomic E-state index is 12.9. The lowest BCUT2D eigenvalue weighted by molar-refractivity contribution is -0.149. The van der Waals surface area contributed by atoms with E-state index >= 15 is 0 Å². The van der Waals surface area contributed by atoms with Crippen LogP contribution in [-0.2, 0) is 30.9 Å². The summed E-state index contributed by atoms with van der Waals surface area (Å²) in [6, 6.07) is 4.75. The van der Waals surface area contributed by atoms with Crippen LogP contribution < -0.4 is 5.32 Å². The summed E-state index contributed by atoms with van der Waals surface area (Å²) >= 11 is 0. The topological polar surface area (TPSA) is 141 Å². The molecule has 12 heteroatoms. The number of amides is 1. The van der Waals surface area contributed by atoms with Gasteiger partial charge in [-0.25, -0.2) is 13.2 Å². The summed E-state index contributed by atoms with van der Waals surface area (Å²) < 4.78 is 42.6. The molecule has 2 aromatic rings. The second-order valence-corrected chi connectivity index (χ2v) is 9.50. The van der Waals surface area contributed by atoms with Gasteiger partial charge in [-0.2, -0.15) is 4.31 Å². The maximum Gasteiger partial charge on any atom is 0.329 e. The summed E-state index contributed by atoms with van der Waals surface area (Å²) in [5.41, 5.74) is 0.116. The lowest BCUT2D eigenvalue weighted by Gasteiger charge is -2.26. The second kappa shape index (κ2) is 10.2. The van der Waals surface area contributed by atoms with Crippen LogP contribution in [0.2, 0.25) is 0 Å². The first-order valence-electron chi connectivity index (χ1n) is 10.1. The number of aryl methyl sites for hydroxylation is 1. The number of hydrogen-bond acceptors (Lipinski definition) is 9. The third-order valence-electron chi connectivity index (χ3n) is 4.82. The molecule has 11 nitrogen and oxygen atoms in total. The van der Waals surface area contributed by atoms with Gasteiger partial charge < -0.3 is 19.2 Å². The smallest absolute Gasteiger partial charge is 0.329 e. The number of carbonyl (C=O) groups is 2. The van der Waals surface area contributed by atoms with Gasteiger partial charge in [0, 0.05) is 25.6 Å². The van der Waals surface area contributed by atoms with Crippen LogP contribution in [0.25, 0.3) is 0 Å². The summed E-state index contributed by atoms with van der Waals surface area (Å²) in [6.45, 7) is 6.04. The molecule has 1 saturated heterocycles. The third kappa shape index (κ3) is 5.69. The zero-order chi connectivity index (χ0) is 23.3. The van der Waals surface area contributed by atoms with Crippen molar-refractivity contribution in [1.82, 2.24) is 19.8 Å². The molecule has 1 aromatic carbocycles. The summed E-state index contributed by atoms with van der Waals surface area (Å²) in [6.07, 6.45) is 0. The molecule has 0 spiro atoms. The molecule has 1 amide bonds. The average molecular weight is 467 g/mol. The van der Waals surface area contributed by atoms with Crippen molar-refractivity contribution in [3.05, 3.63) is 41.6 Å². The van der Waals surface area contributed by atoms with Gasteiger partial charge in [0.2, 0.25) is 15.9 Å². The summed E-state index contributed by atoms with van der Waals surface area (Å²) in [7, 11) is -3.76. The van der Waals surface area contributed by atoms with Gasteiger partial charge in [-0.1, -0.05) is 19.9 Å². The number of esters is 1. The van der Waals surface area contributed by atoms with E-state index in [1.165, 1.54) is 28.6 Å². The first-order valence-corrected chi connectivity index (χ1v) is 11.6. The first kappa shape index (κ1) is 23.8. The molecule has 1 aliphatic rings. The van der Waals surface area contributed by atoms with Crippen LogP contribution in [0.1, 0.15) is 36.0 Å². The monoisotopic (exact) mass is 466 g/mol. The molecule has 0 saturated carbocycles. The lowest BCUT2D eigenvalue weighted by atomic mass is 10.0. The van der Waals surface area contributed by atoms with Crippen molar-refractivity contribution >= 4 is 21.9 Å². The minimum absolute atomic E-state index is 0.00230. The fourth-order valence-electron chi connectivity index (χ4n) is 3.07. The van der Waals surface area contributed by atoms with Crippen molar-refractivity contribution < 1.29 is 31.9 Å². The summed E-state index contributed by atoms with van der Waals surface area (Å²) in [5.74, 6) is -1.05. The molecule has 0 unspecified atom stereocenters. The molecule has 1 N–H and O–H groups in total. The number of morpholine rings is 1. The van der Waals surface area contributed by atoms with Gasteiger partial charge in [0.15, 0.2) is 6.61 Å². The Labute approximate surface area is 186 Å². The van der Waals surface area contributed by atoms with Crippen LogP contribution in [0, 0.1) is 12.8 Å². The van der Waals surface area contributed by atoms with Gasteiger partial charge in [-0.15, -0.1) is 10.2 Å². The van der Waals surface area contributed by atoms with E-state index in [-0.39, 0.29) is 42.0 Å². The molecular weight excluding hydrogens is 440 g/mol. The van der Waals surface area contributed by atoms with E-state index in [0.717, 1.165) is 0 Å². The third-order valence-corrected chi connectivity index (χ3v) is 6.71. The quantitative estimate of drug-likeness (QED) is 0.562. The SMILES string of the molecule is Cc1nnc(COC(=O)[C@@H](NC(=O)c2cccc(S(=O)(=O)N3CCOCC3)c2)C(C)C)o1. The van der Waals surface area contributed by atoms with Crippen molar-refractivity contribution in [2.75, 3.05) is 26.3 Å². The molecule has 1 aromatic heterocycles. The molecule has 0 aliphatic carbocycles. The Morgan fingerprint density at radius 3 is 2.56 bits per heavy atom. The van der Waals surface area contributed by atoms with Gasteiger partial charge in [-0.05, 0) is 24.1 Å². The van der Waals surface area contributed by atoms with E-state index in [2.05, 4.69) is 15.5 Å². The predicted molar refractivity (Wildman–Crippen MR) is 111 cm³/mol. The zero-order valence-electron chi connectivity index (χ0n) is 18.1. The summed E-state index contributed by atoms with van der Waals surface area (Å²) in [5, 5.41) is 10.0. The molecule has 3 rings (SSSR count). The van der Waals surface area contributed by atoms with E-state index < -0.39 is 27.9 Å². The molecule has 32 heavy (non-hydrogen) atoms. The van der Waals surface area contributed by atoms with Crippen molar-refractivity contribution in [1.29, 1.82) is 0 Å². The normalized spacial score (nSPS) is 16.0. The highest BCUT2D eigenvalue weighted by molar-refractivity contribution is 7.89. The Morgan fingerprint density at radius 1 is 1.22 bits per heavy atom. The molecule has 2 heterocycles. The van der Waals surface area contributed by atoms with Gasteiger partial charge >= 0.3 is 5.97 Å². The Bertz CT molecular complexity index is 1060. The number of sulfonamides is 1. The minimum Gasteiger partial charge on any atom is -0.454 e. The molecule has 1 fully saturated rings. The lowest BCUT2D eigenvalue weighted by Crippen LogP contribution is -2.45. The van der Waals surface area contributed by atoms with E-state index in [1.54, 1.807) is 20.8 Å². The number of carbonyl (C=O) groups excluding carboxylic acids is 2. The van der Waals surface area contributed by atoms with E-state index in [4.69, 9.17) is 13.9 Å². The standard InChI is InChI=1S/C20H26N4O7S/c1-13(2)18(20(26)30-12-17-23-22-14(3)31-17)21-19(25)15-5-4-6-16(11-15)32(27,28)24-7-9-29-10-8-24/h4-6,11,13,18H,7-10,12H2,1-3H3,(H,21,25)/t18-/m0/s1. The number of hydrogen-bond donors (Lipinski definition) is 1. The van der Waals surface area contributed by atoms with Crippen LogP contribution >= 0.6 is 0 Å². The van der Waals surface area contributed by atoms with Crippen LogP contribution in [-0.4, -0.2) is 67.1 Å². The highest BCUT2D eigenvalue weighted by atomic mass is 32.2. The minimum atomic E-state index is -3.76. The van der Waals surface area contributed by atoms with Crippen LogP contribution in [0.3, 0.4) is 0 Å². The summed E-state index contributed by atoms with van der Waals surface area (Å²) in [4.78, 5) is 25.3. The Morgan fingerprint density at radius 2 is 1.94 bits per heavy atom. The predicted octanol–water partition coefficient (Wildman–Crippen LogP) is 0.897. The maximum absolute atomic E-state index is 12.9. The Hall–Kier alpha value is -2.83. The van der Waals surface area contributed by atoms with Crippen LogP contribution in [0.15, 0.2) is 33.6 Å². The van der Waals surface area contributed by atoms with Crippen molar-refractivity contribution in [2.45, 2.75) is 38.3 Å². The molecule has 0 radical (unpaired) electrons. The van der Waals surface area contributed by atoms with E-state index in [0.29, 0.717) is 19.1 Å². The number of rotatable bonds is 8. The fourth-order valence-corrected chi connectivity index (χ4v) is 4.53.